The molecule has 0 bridgehead atoms. The molecule has 0 aromatic rings. The third-order valence-electron chi connectivity index (χ3n) is 2.29. The highest BCUT2D eigenvalue weighted by Crippen LogP contribution is 2.05. The summed E-state index contributed by atoms with van der Waals surface area (Å²) in [6.45, 7) is 6.76. The normalized spacial score (nSPS) is 11.4. The van der Waals surface area contributed by atoms with Crippen molar-refractivity contribution in [2.75, 3.05) is 13.7 Å². The maximum Gasteiger partial charge on any atom is 0.325 e. The molecule has 1 N–H and O–H groups in total. The van der Waals surface area contributed by atoms with Crippen LogP contribution >= 0.6 is 0 Å². The third-order valence-corrected chi connectivity index (χ3v) is 2.29. The van der Waals surface area contributed by atoms with Crippen molar-refractivity contribution in [1.82, 2.24) is 5.32 Å². The van der Waals surface area contributed by atoms with Gasteiger partial charge in [0.25, 0.3) is 0 Å². The fourth-order valence-electron chi connectivity index (χ4n) is 1.28. The second-order valence-corrected chi connectivity index (χ2v) is 4.10. The minimum atomic E-state index is -0.555. The summed E-state index contributed by atoms with van der Waals surface area (Å²) >= 11 is 0. The molecule has 0 heterocycles. The highest BCUT2D eigenvalue weighted by molar-refractivity contribution is 5.79. The zero-order valence-electron chi connectivity index (χ0n) is 9.85. The number of hydrogen-bond donors (Lipinski definition) is 1. The molecule has 0 aliphatic carbocycles. The third kappa shape index (κ3) is 5.22. The van der Waals surface area contributed by atoms with Gasteiger partial charge in [-0.3, -0.25) is 4.79 Å². The van der Waals surface area contributed by atoms with Crippen LogP contribution in [-0.2, 0) is 9.53 Å². The van der Waals surface area contributed by atoms with Gasteiger partial charge in [-0.1, -0.05) is 26.2 Å². The molecule has 0 radical (unpaired) electrons. The minimum Gasteiger partial charge on any atom is -0.468 e. The lowest BCUT2D eigenvalue weighted by Crippen LogP contribution is -2.47. The molecule has 0 unspecified atom stereocenters. The van der Waals surface area contributed by atoms with Crippen molar-refractivity contribution in [2.45, 2.75) is 52.0 Å². The van der Waals surface area contributed by atoms with Gasteiger partial charge >= 0.3 is 5.97 Å². The molecule has 84 valence electrons. The number of methoxy groups -OCH3 is 1. The molecule has 0 aliphatic heterocycles. The molecule has 0 atom stereocenters. The van der Waals surface area contributed by atoms with E-state index in [2.05, 4.69) is 12.2 Å². The Morgan fingerprint density at radius 3 is 2.43 bits per heavy atom. The van der Waals surface area contributed by atoms with Crippen LogP contribution in [0.2, 0.25) is 0 Å². The molecule has 3 heteroatoms. The predicted molar refractivity (Wildman–Crippen MR) is 58.2 cm³/mol. The highest BCUT2D eigenvalue weighted by Gasteiger charge is 2.27. The van der Waals surface area contributed by atoms with Gasteiger partial charge in [-0.15, -0.1) is 0 Å². The van der Waals surface area contributed by atoms with E-state index in [-0.39, 0.29) is 5.97 Å². The van der Waals surface area contributed by atoms with E-state index in [1.165, 1.54) is 26.4 Å². The van der Waals surface area contributed by atoms with Crippen molar-refractivity contribution in [2.24, 2.45) is 0 Å². The van der Waals surface area contributed by atoms with Gasteiger partial charge in [0, 0.05) is 0 Å². The maximum atomic E-state index is 11.3. The Hall–Kier alpha value is -0.570. The predicted octanol–water partition coefficient (Wildman–Crippen LogP) is 2.11. The Kier molecular flexibility index (Phi) is 6.54. The van der Waals surface area contributed by atoms with Crippen molar-refractivity contribution < 1.29 is 9.53 Å². The summed E-state index contributed by atoms with van der Waals surface area (Å²) in [7, 11) is 1.42. The molecule has 0 aromatic heterocycles. The number of carbonyl (C=O) groups is 1. The molecule has 0 saturated carbocycles. The fraction of sp³-hybridized carbons (Fsp3) is 0.909. The van der Waals surface area contributed by atoms with Gasteiger partial charge in [-0.25, -0.2) is 0 Å². The SMILES string of the molecule is CCCCCCNC(C)(C)C(=O)OC. The van der Waals surface area contributed by atoms with Crippen molar-refractivity contribution in [1.29, 1.82) is 0 Å². The first-order valence-electron chi connectivity index (χ1n) is 5.38. The van der Waals surface area contributed by atoms with E-state index < -0.39 is 5.54 Å². The van der Waals surface area contributed by atoms with Crippen LogP contribution in [0, 0.1) is 0 Å². The maximum absolute atomic E-state index is 11.3. The largest absolute Gasteiger partial charge is 0.468 e. The topological polar surface area (TPSA) is 38.3 Å². The Balaban J connectivity index is 3.60. The minimum absolute atomic E-state index is 0.201. The van der Waals surface area contributed by atoms with Gasteiger partial charge in [0.1, 0.15) is 5.54 Å². The van der Waals surface area contributed by atoms with Crippen LogP contribution < -0.4 is 5.32 Å². The summed E-state index contributed by atoms with van der Waals surface area (Å²) in [6.07, 6.45) is 4.84. The zero-order valence-corrected chi connectivity index (χ0v) is 9.85. The first kappa shape index (κ1) is 13.4. The van der Waals surface area contributed by atoms with Crippen LogP contribution in [0.1, 0.15) is 46.5 Å². The Bertz CT molecular complexity index is 167. The number of esters is 1. The molecule has 3 nitrogen and oxygen atoms in total. The molecule has 14 heavy (non-hydrogen) atoms. The van der Waals surface area contributed by atoms with Crippen LogP contribution in [0.25, 0.3) is 0 Å². The molecule has 0 saturated heterocycles. The van der Waals surface area contributed by atoms with Crippen molar-refractivity contribution >= 4 is 5.97 Å². The van der Waals surface area contributed by atoms with E-state index in [0.29, 0.717) is 0 Å². The number of ether oxygens (including phenoxy) is 1. The number of carbonyl (C=O) groups excluding carboxylic acids is 1. The molecule has 0 aliphatic rings. The second kappa shape index (κ2) is 6.82. The zero-order chi connectivity index (χ0) is 11.0. The summed E-state index contributed by atoms with van der Waals surface area (Å²) < 4.78 is 4.69. The lowest BCUT2D eigenvalue weighted by Gasteiger charge is -2.22. The van der Waals surface area contributed by atoms with Crippen molar-refractivity contribution in [3.63, 3.8) is 0 Å². The summed E-state index contributed by atoms with van der Waals surface area (Å²) in [6, 6.07) is 0. The average molecular weight is 201 g/mol. The van der Waals surface area contributed by atoms with E-state index in [4.69, 9.17) is 4.74 Å². The molecule has 0 rings (SSSR count). The van der Waals surface area contributed by atoms with E-state index in [9.17, 15) is 4.79 Å². The van der Waals surface area contributed by atoms with Crippen molar-refractivity contribution in [3.8, 4) is 0 Å². The summed E-state index contributed by atoms with van der Waals surface area (Å²) in [5.74, 6) is -0.201. The smallest absolute Gasteiger partial charge is 0.325 e. The monoisotopic (exact) mass is 201 g/mol. The van der Waals surface area contributed by atoms with Gasteiger partial charge in [-0.05, 0) is 26.8 Å². The van der Waals surface area contributed by atoms with Crippen molar-refractivity contribution in [3.05, 3.63) is 0 Å². The summed E-state index contributed by atoms with van der Waals surface area (Å²) in [4.78, 5) is 11.3. The number of hydrogen-bond acceptors (Lipinski definition) is 3. The van der Waals surface area contributed by atoms with Gasteiger partial charge in [0.15, 0.2) is 0 Å². The molecular weight excluding hydrogens is 178 g/mol. The van der Waals surface area contributed by atoms with E-state index in [1.54, 1.807) is 0 Å². The van der Waals surface area contributed by atoms with Crippen LogP contribution in [-0.4, -0.2) is 25.2 Å². The van der Waals surface area contributed by atoms with E-state index >= 15 is 0 Å². The lowest BCUT2D eigenvalue weighted by atomic mass is 10.1. The Morgan fingerprint density at radius 2 is 1.93 bits per heavy atom. The standard InChI is InChI=1S/C11H23NO2/c1-5-6-7-8-9-12-11(2,3)10(13)14-4/h12H,5-9H2,1-4H3. The van der Waals surface area contributed by atoms with Crippen LogP contribution in [0.5, 0.6) is 0 Å². The summed E-state index contributed by atoms with van der Waals surface area (Å²) in [5.41, 5.74) is -0.555. The highest BCUT2D eigenvalue weighted by atomic mass is 16.5. The van der Waals surface area contributed by atoms with Gasteiger partial charge in [0.05, 0.1) is 7.11 Å². The fourth-order valence-corrected chi connectivity index (χ4v) is 1.28. The quantitative estimate of drug-likeness (QED) is 0.506. The summed E-state index contributed by atoms with van der Waals surface area (Å²) in [5, 5.41) is 3.19. The van der Waals surface area contributed by atoms with Crippen LogP contribution in [0.4, 0.5) is 0 Å². The van der Waals surface area contributed by atoms with Crippen LogP contribution in [0.3, 0.4) is 0 Å². The number of nitrogens with one attached hydrogen (secondary N) is 1. The Labute approximate surface area is 87.2 Å². The molecule has 0 spiro atoms. The van der Waals surface area contributed by atoms with Gasteiger partial charge in [0.2, 0.25) is 0 Å². The van der Waals surface area contributed by atoms with E-state index in [0.717, 1.165) is 13.0 Å². The first-order valence-corrected chi connectivity index (χ1v) is 5.38. The molecule has 0 aromatic carbocycles. The van der Waals surface area contributed by atoms with E-state index in [1.807, 2.05) is 13.8 Å². The second-order valence-electron chi connectivity index (χ2n) is 4.10. The number of unbranched alkanes of at least 4 members (excludes halogenated alkanes) is 3. The van der Waals surface area contributed by atoms with Gasteiger partial charge in [-0.2, -0.15) is 0 Å². The average Bonchev–Trinajstić information content (AvgIpc) is 2.16. The molecular formula is C11H23NO2. The Morgan fingerprint density at radius 1 is 1.29 bits per heavy atom. The number of rotatable bonds is 7. The molecule has 0 amide bonds. The first-order chi connectivity index (χ1) is 6.54. The lowest BCUT2D eigenvalue weighted by molar-refractivity contribution is -0.147. The molecule has 0 fully saturated rings. The van der Waals surface area contributed by atoms with Crippen LogP contribution in [0.15, 0.2) is 0 Å². The van der Waals surface area contributed by atoms with Gasteiger partial charge < -0.3 is 10.1 Å².